The van der Waals surface area contributed by atoms with Crippen LogP contribution in [-0.2, 0) is 9.59 Å². The Hall–Kier alpha value is -3.22. The molecule has 2 aromatic rings. The van der Waals surface area contributed by atoms with E-state index in [9.17, 15) is 9.59 Å². The molecule has 118 valence electrons. The van der Waals surface area contributed by atoms with Crippen molar-refractivity contribution in [1.82, 2.24) is 20.1 Å². The quantitative estimate of drug-likeness (QED) is 0.624. The van der Waals surface area contributed by atoms with Crippen LogP contribution in [0.1, 0.15) is 6.92 Å². The van der Waals surface area contributed by atoms with Gasteiger partial charge in [0.25, 0.3) is 0 Å². The predicted octanol–water partition coefficient (Wildman–Crippen LogP) is 1.45. The zero-order valence-corrected chi connectivity index (χ0v) is 12.6. The molecule has 0 aliphatic rings. The Morgan fingerprint density at radius 3 is 2.65 bits per heavy atom. The molecule has 23 heavy (non-hydrogen) atoms. The van der Waals surface area contributed by atoms with Gasteiger partial charge in [0.05, 0.1) is 12.2 Å². The lowest BCUT2D eigenvalue weighted by Gasteiger charge is -2.07. The Labute approximate surface area is 133 Å². The van der Waals surface area contributed by atoms with Crippen molar-refractivity contribution in [2.75, 3.05) is 11.9 Å². The lowest BCUT2D eigenvalue weighted by Crippen LogP contribution is -2.31. The monoisotopic (exact) mass is 311 g/mol. The standard InChI is InChI=1S/C16H17N5O2/c1-2-3-4-5-15(22)18-10-16(23)20-13-6-8-14(9-7-13)21-12-17-11-19-21/h2-9,11-12H,10H2,1H3,(H,18,22)(H,20,23). The minimum Gasteiger partial charge on any atom is -0.343 e. The minimum absolute atomic E-state index is 0.0934. The van der Waals surface area contributed by atoms with Crippen LogP contribution >= 0.6 is 0 Å². The van der Waals surface area contributed by atoms with Crippen LogP contribution in [-0.4, -0.2) is 33.1 Å². The molecule has 0 saturated carbocycles. The maximum Gasteiger partial charge on any atom is 0.244 e. The van der Waals surface area contributed by atoms with Crippen LogP contribution in [0.4, 0.5) is 5.69 Å². The molecule has 0 saturated heterocycles. The van der Waals surface area contributed by atoms with Crippen LogP contribution in [0.25, 0.3) is 5.69 Å². The molecule has 0 atom stereocenters. The number of anilines is 1. The summed E-state index contributed by atoms with van der Waals surface area (Å²) in [6.07, 6.45) is 9.54. The third kappa shape index (κ3) is 5.24. The van der Waals surface area contributed by atoms with Crippen LogP contribution in [0, 0.1) is 0 Å². The lowest BCUT2D eigenvalue weighted by molar-refractivity contribution is -0.121. The first-order chi connectivity index (χ1) is 11.2. The third-order valence-electron chi connectivity index (χ3n) is 2.81. The largest absolute Gasteiger partial charge is 0.343 e. The van der Waals surface area contributed by atoms with Gasteiger partial charge in [0.1, 0.15) is 12.7 Å². The highest BCUT2D eigenvalue weighted by atomic mass is 16.2. The van der Waals surface area contributed by atoms with Crippen LogP contribution in [0.15, 0.2) is 61.2 Å². The van der Waals surface area contributed by atoms with E-state index in [1.54, 1.807) is 41.4 Å². The molecule has 1 aromatic carbocycles. The highest BCUT2D eigenvalue weighted by Gasteiger charge is 2.04. The topological polar surface area (TPSA) is 88.9 Å². The molecular formula is C16H17N5O2. The van der Waals surface area contributed by atoms with Crippen LogP contribution < -0.4 is 10.6 Å². The molecular weight excluding hydrogens is 294 g/mol. The SMILES string of the molecule is CC=CC=CC(=O)NCC(=O)Nc1ccc(-n2cncn2)cc1. The van der Waals surface area contributed by atoms with E-state index in [1.165, 1.54) is 12.4 Å². The van der Waals surface area contributed by atoms with Crippen molar-refractivity contribution in [1.29, 1.82) is 0 Å². The first-order valence-electron chi connectivity index (χ1n) is 7.01. The van der Waals surface area contributed by atoms with Gasteiger partial charge in [-0.15, -0.1) is 0 Å². The summed E-state index contributed by atoms with van der Waals surface area (Å²) in [6.45, 7) is 1.76. The highest BCUT2D eigenvalue weighted by molar-refractivity contribution is 5.96. The number of hydrogen-bond acceptors (Lipinski definition) is 4. The molecule has 2 amide bonds. The number of aromatic nitrogens is 3. The minimum atomic E-state index is -0.320. The molecule has 1 heterocycles. The zero-order chi connectivity index (χ0) is 16.5. The van der Waals surface area contributed by atoms with Gasteiger partial charge in [-0.1, -0.05) is 18.2 Å². The van der Waals surface area contributed by atoms with Crippen molar-refractivity contribution < 1.29 is 9.59 Å². The van der Waals surface area contributed by atoms with Gasteiger partial charge in [0, 0.05) is 11.8 Å². The number of amides is 2. The second-order valence-corrected chi connectivity index (χ2v) is 4.54. The molecule has 1 aromatic heterocycles. The number of allylic oxidation sites excluding steroid dienone is 3. The number of hydrogen-bond donors (Lipinski definition) is 2. The number of nitrogens with one attached hydrogen (secondary N) is 2. The van der Waals surface area contributed by atoms with Gasteiger partial charge in [-0.2, -0.15) is 5.10 Å². The second-order valence-electron chi connectivity index (χ2n) is 4.54. The smallest absolute Gasteiger partial charge is 0.244 e. The van der Waals surface area contributed by atoms with E-state index in [0.717, 1.165) is 5.69 Å². The number of carbonyl (C=O) groups is 2. The van der Waals surface area contributed by atoms with Gasteiger partial charge >= 0.3 is 0 Å². The average Bonchev–Trinajstić information content (AvgIpc) is 3.08. The number of rotatable bonds is 6. The summed E-state index contributed by atoms with van der Waals surface area (Å²) in [5.74, 6) is -0.619. The van der Waals surface area contributed by atoms with E-state index in [0.29, 0.717) is 5.69 Å². The van der Waals surface area contributed by atoms with Gasteiger partial charge < -0.3 is 10.6 Å². The second kappa shape index (κ2) is 8.28. The molecule has 0 radical (unpaired) electrons. The summed E-state index contributed by atoms with van der Waals surface area (Å²) in [7, 11) is 0. The fourth-order valence-electron chi connectivity index (χ4n) is 1.72. The third-order valence-corrected chi connectivity index (χ3v) is 2.81. The summed E-state index contributed by atoms with van der Waals surface area (Å²) in [5.41, 5.74) is 1.47. The van der Waals surface area contributed by atoms with Gasteiger partial charge in [-0.05, 0) is 31.2 Å². The number of benzene rings is 1. The summed E-state index contributed by atoms with van der Waals surface area (Å²) in [4.78, 5) is 27.1. The lowest BCUT2D eigenvalue weighted by atomic mass is 10.3. The molecule has 0 bridgehead atoms. The highest BCUT2D eigenvalue weighted by Crippen LogP contribution is 2.11. The van der Waals surface area contributed by atoms with E-state index in [2.05, 4.69) is 20.7 Å². The van der Waals surface area contributed by atoms with Crippen LogP contribution in [0.5, 0.6) is 0 Å². The molecule has 7 nitrogen and oxygen atoms in total. The molecule has 2 rings (SSSR count). The zero-order valence-electron chi connectivity index (χ0n) is 12.6. The summed E-state index contributed by atoms with van der Waals surface area (Å²) >= 11 is 0. The van der Waals surface area contributed by atoms with Gasteiger partial charge in [0.2, 0.25) is 11.8 Å². The van der Waals surface area contributed by atoms with Crippen LogP contribution in [0.3, 0.4) is 0 Å². The average molecular weight is 311 g/mol. The van der Waals surface area contributed by atoms with Crippen molar-refractivity contribution in [2.24, 2.45) is 0 Å². The number of carbonyl (C=O) groups excluding carboxylic acids is 2. The van der Waals surface area contributed by atoms with Crippen molar-refractivity contribution >= 4 is 17.5 Å². The maximum atomic E-state index is 11.8. The van der Waals surface area contributed by atoms with Gasteiger partial charge in [-0.25, -0.2) is 9.67 Å². The van der Waals surface area contributed by atoms with E-state index >= 15 is 0 Å². The molecule has 2 N–H and O–H groups in total. The molecule has 0 aliphatic heterocycles. The van der Waals surface area contributed by atoms with E-state index in [-0.39, 0.29) is 18.4 Å². The van der Waals surface area contributed by atoms with E-state index in [1.807, 2.05) is 19.1 Å². The van der Waals surface area contributed by atoms with Crippen molar-refractivity contribution in [3.63, 3.8) is 0 Å². The Bertz CT molecular complexity index is 703. The Morgan fingerprint density at radius 2 is 2.00 bits per heavy atom. The van der Waals surface area contributed by atoms with Crippen molar-refractivity contribution in [3.8, 4) is 5.69 Å². The van der Waals surface area contributed by atoms with E-state index < -0.39 is 0 Å². The molecule has 0 unspecified atom stereocenters. The summed E-state index contributed by atoms with van der Waals surface area (Å²) < 4.78 is 1.61. The first kappa shape index (κ1) is 16.2. The van der Waals surface area contributed by atoms with Gasteiger partial charge in [-0.3, -0.25) is 9.59 Å². The summed E-state index contributed by atoms with van der Waals surface area (Å²) in [5, 5.41) is 9.22. The Balaban J connectivity index is 1.82. The summed E-state index contributed by atoms with van der Waals surface area (Å²) in [6, 6.07) is 7.12. The van der Waals surface area contributed by atoms with Crippen molar-refractivity contribution in [2.45, 2.75) is 6.92 Å². The van der Waals surface area contributed by atoms with Crippen LogP contribution in [0.2, 0.25) is 0 Å². The number of nitrogens with zero attached hydrogens (tertiary/aromatic N) is 3. The molecule has 0 aliphatic carbocycles. The molecule has 0 fully saturated rings. The molecule has 7 heteroatoms. The van der Waals surface area contributed by atoms with Crippen molar-refractivity contribution in [3.05, 3.63) is 61.2 Å². The fraction of sp³-hybridized carbons (Fsp3) is 0.125. The first-order valence-corrected chi connectivity index (χ1v) is 7.01. The van der Waals surface area contributed by atoms with Gasteiger partial charge in [0.15, 0.2) is 0 Å². The molecule has 0 spiro atoms. The Morgan fingerprint density at radius 1 is 1.22 bits per heavy atom. The Kier molecular flexibility index (Phi) is 5.81. The maximum absolute atomic E-state index is 11.8. The van der Waals surface area contributed by atoms with E-state index in [4.69, 9.17) is 0 Å². The predicted molar refractivity (Wildman–Crippen MR) is 87.0 cm³/mol. The normalized spacial score (nSPS) is 11.0. The fourth-order valence-corrected chi connectivity index (χ4v) is 1.72.